The Hall–Kier alpha value is -3.88. The third-order valence-electron chi connectivity index (χ3n) is 6.58. The number of nitrogens with zero attached hydrogens (tertiary/aromatic N) is 3. The van der Waals surface area contributed by atoms with E-state index in [2.05, 4.69) is 10.5 Å². The summed E-state index contributed by atoms with van der Waals surface area (Å²) in [5, 5.41) is 6.58. The van der Waals surface area contributed by atoms with Crippen LogP contribution in [0.1, 0.15) is 40.3 Å². The van der Waals surface area contributed by atoms with Crippen LogP contribution in [0.5, 0.6) is 0 Å². The molecule has 1 saturated heterocycles. The molecule has 2 aliphatic rings. The highest BCUT2D eigenvalue weighted by atomic mass is 16.5. The first-order chi connectivity index (χ1) is 16.5. The Kier molecular flexibility index (Phi) is 5.91. The summed E-state index contributed by atoms with van der Waals surface area (Å²) in [6.45, 7) is 3.02. The Balaban J connectivity index is 1.27. The predicted octanol–water partition coefficient (Wildman–Crippen LogP) is 3.02. The molecule has 9 heteroatoms. The van der Waals surface area contributed by atoms with Gasteiger partial charge in [-0.15, -0.1) is 0 Å². The second kappa shape index (κ2) is 9.17. The lowest BCUT2D eigenvalue weighted by Crippen LogP contribution is -2.55. The van der Waals surface area contributed by atoms with Crippen molar-refractivity contribution in [3.8, 4) is 0 Å². The van der Waals surface area contributed by atoms with Crippen LogP contribution in [0.15, 0.2) is 57.7 Å². The molecule has 176 valence electrons. The van der Waals surface area contributed by atoms with Gasteiger partial charge in [0, 0.05) is 38.0 Å². The number of anilines is 1. The standard InChI is InChI=1S/C25H26N4O5/c1-16-13-22(27-34-16)26-23(30)17-8-10-28(11-9-17)24(31)20-14-18-5-2-3-6-19(18)15-29(20)25(32)21-7-4-12-33-21/h2-7,12-13,17,20H,8-11,14-15H2,1H3,(H,26,27,30). The predicted molar refractivity (Wildman–Crippen MR) is 122 cm³/mol. The van der Waals surface area contributed by atoms with Crippen LogP contribution in [-0.2, 0) is 22.6 Å². The maximum absolute atomic E-state index is 13.6. The fraction of sp³-hybridized carbons (Fsp3) is 0.360. The van der Waals surface area contributed by atoms with E-state index in [9.17, 15) is 14.4 Å². The van der Waals surface area contributed by atoms with Gasteiger partial charge >= 0.3 is 0 Å². The molecule has 0 radical (unpaired) electrons. The van der Waals surface area contributed by atoms with Crippen molar-refractivity contribution in [1.82, 2.24) is 15.0 Å². The summed E-state index contributed by atoms with van der Waals surface area (Å²) in [4.78, 5) is 42.8. The van der Waals surface area contributed by atoms with Crippen molar-refractivity contribution in [3.63, 3.8) is 0 Å². The maximum Gasteiger partial charge on any atom is 0.290 e. The number of benzene rings is 1. The zero-order valence-corrected chi connectivity index (χ0v) is 18.9. The van der Waals surface area contributed by atoms with Gasteiger partial charge in [-0.05, 0) is 43.0 Å². The Labute approximate surface area is 196 Å². The van der Waals surface area contributed by atoms with E-state index in [4.69, 9.17) is 8.94 Å². The summed E-state index contributed by atoms with van der Waals surface area (Å²) in [6.07, 6.45) is 3.00. The van der Waals surface area contributed by atoms with Gasteiger partial charge in [0.2, 0.25) is 11.8 Å². The van der Waals surface area contributed by atoms with Crippen molar-refractivity contribution in [2.75, 3.05) is 18.4 Å². The number of piperidine rings is 1. The molecule has 1 fully saturated rings. The maximum atomic E-state index is 13.6. The zero-order valence-electron chi connectivity index (χ0n) is 18.9. The van der Waals surface area contributed by atoms with Crippen LogP contribution >= 0.6 is 0 Å². The van der Waals surface area contributed by atoms with Crippen LogP contribution in [-0.4, -0.2) is 51.8 Å². The lowest BCUT2D eigenvalue weighted by Gasteiger charge is -2.40. The van der Waals surface area contributed by atoms with Crippen LogP contribution in [0.2, 0.25) is 0 Å². The summed E-state index contributed by atoms with van der Waals surface area (Å²) in [5.74, 6) is 0.508. The van der Waals surface area contributed by atoms with E-state index in [0.29, 0.717) is 50.5 Å². The average Bonchev–Trinajstić information content (AvgIpc) is 3.54. The molecular formula is C25H26N4O5. The minimum Gasteiger partial charge on any atom is -0.459 e. The van der Waals surface area contributed by atoms with Gasteiger partial charge in [-0.2, -0.15) is 0 Å². The van der Waals surface area contributed by atoms with E-state index in [1.54, 1.807) is 34.9 Å². The van der Waals surface area contributed by atoms with E-state index in [1.807, 2.05) is 24.3 Å². The molecule has 4 heterocycles. The summed E-state index contributed by atoms with van der Waals surface area (Å²) in [6, 6.07) is 12.2. The SMILES string of the molecule is Cc1cc(NC(=O)C2CCN(C(=O)C3Cc4ccccc4CN3C(=O)c3ccco3)CC2)no1. The largest absolute Gasteiger partial charge is 0.459 e. The van der Waals surface area contributed by atoms with E-state index < -0.39 is 6.04 Å². The van der Waals surface area contributed by atoms with Crippen LogP contribution in [0.25, 0.3) is 0 Å². The smallest absolute Gasteiger partial charge is 0.290 e. The molecule has 0 saturated carbocycles. The number of carbonyl (C=O) groups is 3. The van der Waals surface area contributed by atoms with Gasteiger partial charge in [-0.3, -0.25) is 14.4 Å². The number of likely N-dealkylation sites (tertiary alicyclic amines) is 1. The number of carbonyl (C=O) groups excluding carboxylic acids is 3. The minimum atomic E-state index is -0.615. The molecule has 2 aliphatic heterocycles. The minimum absolute atomic E-state index is 0.0969. The van der Waals surface area contributed by atoms with Crippen LogP contribution in [0.4, 0.5) is 5.82 Å². The zero-order chi connectivity index (χ0) is 23.7. The molecule has 0 spiro atoms. The van der Waals surface area contributed by atoms with E-state index in [1.165, 1.54) is 6.26 Å². The van der Waals surface area contributed by atoms with Crippen molar-refractivity contribution in [2.45, 2.75) is 38.8 Å². The van der Waals surface area contributed by atoms with E-state index in [-0.39, 0.29) is 29.4 Å². The normalized spacial score (nSPS) is 18.4. The number of fused-ring (bicyclic) bond motifs is 1. The summed E-state index contributed by atoms with van der Waals surface area (Å²) in [5.41, 5.74) is 2.10. The molecule has 0 bridgehead atoms. The first-order valence-corrected chi connectivity index (χ1v) is 11.4. The molecule has 3 aromatic rings. The Bertz CT molecular complexity index is 1190. The van der Waals surface area contributed by atoms with Crippen molar-refractivity contribution >= 4 is 23.5 Å². The van der Waals surface area contributed by atoms with Crippen LogP contribution in [0, 0.1) is 12.8 Å². The van der Waals surface area contributed by atoms with Gasteiger partial charge in [0.05, 0.1) is 6.26 Å². The van der Waals surface area contributed by atoms with Crippen LogP contribution < -0.4 is 5.32 Å². The molecule has 1 atom stereocenters. The van der Waals surface area contributed by atoms with Crippen molar-refractivity contribution < 1.29 is 23.3 Å². The summed E-state index contributed by atoms with van der Waals surface area (Å²) < 4.78 is 10.3. The lowest BCUT2D eigenvalue weighted by molar-refractivity contribution is -0.139. The summed E-state index contributed by atoms with van der Waals surface area (Å²) >= 11 is 0. The molecular weight excluding hydrogens is 436 g/mol. The second-order valence-electron chi connectivity index (χ2n) is 8.81. The average molecular weight is 463 g/mol. The van der Waals surface area contributed by atoms with Gasteiger partial charge in [0.1, 0.15) is 11.8 Å². The molecule has 5 rings (SSSR count). The van der Waals surface area contributed by atoms with E-state index in [0.717, 1.165) is 11.1 Å². The number of aromatic nitrogens is 1. The third kappa shape index (κ3) is 4.33. The van der Waals surface area contributed by atoms with Gasteiger partial charge in [-0.1, -0.05) is 29.4 Å². The number of rotatable bonds is 4. The number of aryl methyl sites for hydroxylation is 1. The second-order valence-corrected chi connectivity index (χ2v) is 8.81. The Morgan fingerprint density at radius 3 is 2.50 bits per heavy atom. The van der Waals surface area contributed by atoms with Crippen molar-refractivity contribution in [1.29, 1.82) is 0 Å². The number of furan rings is 1. The fourth-order valence-corrected chi connectivity index (χ4v) is 4.73. The number of amides is 3. The fourth-order valence-electron chi connectivity index (χ4n) is 4.73. The van der Waals surface area contributed by atoms with E-state index >= 15 is 0 Å². The van der Waals surface area contributed by atoms with Crippen molar-refractivity contribution in [2.24, 2.45) is 5.92 Å². The Morgan fingerprint density at radius 1 is 1.06 bits per heavy atom. The number of hydrogen-bond donors (Lipinski definition) is 1. The first-order valence-electron chi connectivity index (χ1n) is 11.4. The highest BCUT2D eigenvalue weighted by Crippen LogP contribution is 2.28. The topological polar surface area (TPSA) is 109 Å². The third-order valence-corrected chi connectivity index (χ3v) is 6.58. The molecule has 3 amide bonds. The highest BCUT2D eigenvalue weighted by Gasteiger charge is 2.39. The first kappa shape index (κ1) is 21.9. The van der Waals surface area contributed by atoms with Gasteiger partial charge in [0.25, 0.3) is 5.91 Å². The number of nitrogens with one attached hydrogen (secondary N) is 1. The lowest BCUT2D eigenvalue weighted by atomic mass is 9.91. The molecule has 0 aliphatic carbocycles. The molecule has 34 heavy (non-hydrogen) atoms. The van der Waals surface area contributed by atoms with Gasteiger partial charge in [0.15, 0.2) is 11.6 Å². The molecule has 1 N–H and O–H groups in total. The quantitative estimate of drug-likeness (QED) is 0.638. The van der Waals surface area contributed by atoms with Gasteiger partial charge < -0.3 is 24.1 Å². The molecule has 9 nitrogen and oxygen atoms in total. The molecule has 2 aromatic heterocycles. The monoisotopic (exact) mass is 462 g/mol. The Morgan fingerprint density at radius 2 is 1.82 bits per heavy atom. The van der Waals surface area contributed by atoms with Crippen LogP contribution in [0.3, 0.4) is 0 Å². The van der Waals surface area contributed by atoms with Gasteiger partial charge in [-0.25, -0.2) is 0 Å². The summed E-state index contributed by atoms with van der Waals surface area (Å²) in [7, 11) is 0. The molecule has 1 aromatic carbocycles. The number of hydrogen-bond acceptors (Lipinski definition) is 6. The molecule has 1 unspecified atom stereocenters. The highest BCUT2D eigenvalue weighted by molar-refractivity contribution is 5.96. The van der Waals surface area contributed by atoms with Crippen molar-refractivity contribution in [3.05, 3.63) is 71.4 Å².